The summed E-state index contributed by atoms with van der Waals surface area (Å²) in [6.07, 6.45) is 0.249. The Kier molecular flexibility index (Phi) is 9.40. The Morgan fingerprint density at radius 2 is 2.25 bits per heavy atom. The number of hydrogen-bond donors (Lipinski definition) is 2. The predicted molar refractivity (Wildman–Crippen MR) is 121 cm³/mol. The van der Waals surface area contributed by atoms with Gasteiger partial charge in [-0.15, -0.1) is 11.3 Å². The summed E-state index contributed by atoms with van der Waals surface area (Å²) < 4.78 is 17.8. The van der Waals surface area contributed by atoms with Crippen LogP contribution in [0.1, 0.15) is 45.5 Å². The van der Waals surface area contributed by atoms with Crippen molar-refractivity contribution in [2.75, 3.05) is 45.1 Å². The number of hydrogen-bond acceptors (Lipinski definition) is 5. The topological polar surface area (TPSA) is 66.0 Å². The number of thiophene rings is 1. The first-order valence-corrected chi connectivity index (χ1v) is 12.3. The Bertz CT molecular complexity index is 629. The molecule has 1 fully saturated rings. The molecule has 1 aromatic heterocycles. The van der Waals surface area contributed by atoms with Crippen molar-refractivity contribution in [1.82, 2.24) is 15.5 Å². The van der Waals surface area contributed by atoms with Crippen LogP contribution in [0.15, 0.2) is 22.5 Å². The quantitative estimate of drug-likeness (QED) is 0.492. The van der Waals surface area contributed by atoms with E-state index in [9.17, 15) is 4.21 Å². The van der Waals surface area contributed by atoms with Crippen LogP contribution >= 0.6 is 11.3 Å². The number of nitrogens with zero attached hydrogens (tertiary/aromatic N) is 2. The standard InChI is InChI=1S/C20H36N4O2S2/c1-6-21-19(22-9-13-28(25)20(3,4)5)23-14-17(18-8-7-12-27-18)24-10-11-26-16(2)15-24/h7-8,12,16-17H,6,9-11,13-15H2,1-5H3,(H2,21,22,23). The van der Waals surface area contributed by atoms with Gasteiger partial charge in [0.2, 0.25) is 0 Å². The molecule has 1 aliphatic rings. The van der Waals surface area contributed by atoms with Gasteiger partial charge in [0.25, 0.3) is 0 Å². The minimum atomic E-state index is -0.868. The molecule has 0 bridgehead atoms. The van der Waals surface area contributed by atoms with Gasteiger partial charge in [0, 0.05) is 52.4 Å². The molecule has 2 rings (SSSR count). The molecular formula is C20H36N4O2S2. The molecule has 0 aliphatic carbocycles. The molecule has 0 radical (unpaired) electrons. The molecule has 160 valence electrons. The second-order valence-corrected chi connectivity index (χ2v) is 11.3. The first kappa shape index (κ1) is 23.3. The van der Waals surface area contributed by atoms with E-state index in [1.54, 1.807) is 11.3 Å². The lowest BCUT2D eigenvalue weighted by Crippen LogP contribution is -2.44. The third-order valence-electron chi connectivity index (χ3n) is 4.61. The molecule has 0 spiro atoms. The van der Waals surface area contributed by atoms with E-state index in [1.165, 1.54) is 4.88 Å². The second kappa shape index (κ2) is 11.3. The molecule has 1 aromatic rings. The van der Waals surface area contributed by atoms with Crippen LogP contribution in [0, 0.1) is 0 Å². The normalized spacial score (nSPS) is 21.3. The fourth-order valence-electron chi connectivity index (χ4n) is 3.08. The molecule has 2 N–H and O–H groups in total. The fourth-order valence-corrected chi connectivity index (χ4v) is 4.83. The molecule has 0 saturated carbocycles. The number of guanidine groups is 1. The summed E-state index contributed by atoms with van der Waals surface area (Å²) in [5.41, 5.74) is 0. The van der Waals surface area contributed by atoms with Gasteiger partial charge in [0.1, 0.15) is 0 Å². The van der Waals surface area contributed by atoms with Gasteiger partial charge >= 0.3 is 0 Å². The van der Waals surface area contributed by atoms with Crippen LogP contribution < -0.4 is 10.6 Å². The monoisotopic (exact) mass is 428 g/mol. The highest BCUT2D eigenvalue weighted by molar-refractivity contribution is 7.86. The first-order valence-electron chi connectivity index (χ1n) is 10.1. The Hall–Kier alpha value is -0.960. The molecule has 8 heteroatoms. The van der Waals surface area contributed by atoms with Crippen LogP contribution in [0.25, 0.3) is 0 Å². The highest BCUT2D eigenvalue weighted by atomic mass is 32.2. The average molecular weight is 429 g/mol. The van der Waals surface area contributed by atoms with Crippen molar-refractivity contribution in [2.45, 2.75) is 51.5 Å². The molecule has 6 nitrogen and oxygen atoms in total. The maximum Gasteiger partial charge on any atom is 0.191 e. The first-order chi connectivity index (χ1) is 13.3. The van der Waals surface area contributed by atoms with E-state index in [0.717, 1.165) is 32.2 Å². The molecular weight excluding hydrogens is 392 g/mol. The van der Waals surface area contributed by atoms with Crippen LogP contribution in [0.3, 0.4) is 0 Å². The van der Waals surface area contributed by atoms with Gasteiger partial charge in [-0.3, -0.25) is 14.1 Å². The van der Waals surface area contributed by atoms with Gasteiger partial charge in [0.05, 0.1) is 25.3 Å². The minimum Gasteiger partial charge on any atom is -0.376 e. The van der Waals surface area contributed by atoms with Crippen molar-refractivity contribution in [1.29, 1.82) is 0 Å². The molecule has 1 saturated heterocycles. The Morgan fingerprint density at radius 1 is 1.46 bits per heavy atom. The van der Waals surface area contributed by atoms with Crippen LogP contribution in [0.4, 0.5) is 0 Å². The minimum absolute atomic E-state index is 0.186. The lowest BCUT2D eigenvalue weighted by Gasteiger charge is -2.36. The summed E-state index contributed by atoms with van der Waals surface area (Å²) in [5, 5.41) is 8.78. The average Bonchev–Trinajstić information content (AvgIpc) is 3.15. The van der Waals surface area contributed by atoms with Crippen molar-refractivity contribution >= 4 is 28.1 Å². The Balaban J connectivity index is 2.01. The highest BCUT2D eigenvalue weighted by Crippen LogP contribution is 2.27. The van der Waals surface area contributed by atoms with E-state index < -0.39 is 10.8 Å². The Morgan fingerprint density at radius 3 is 2.86 bits per heavy atom. The molecule has 0 aromatic carbocycles. The zero-order chi connectivity index (χ0) is 20.6. The van der Waals surface area contributed by atoms with E-state index in [0.29, 0.717) is 18.8 Å². The molecule has 3 atom stereocenters. The molecule has 2 heterocycles. The van der Waals surface area contributed by atoms with Crippen molar-refractivity contribution < 1.29 is 8.95 Å². The van der Waals surface area contributed by atoms with E-state index in [4.69, 9.17) is 9.73 Å². The van der Waals surface area contributed by atoms with E-state index in [-0.39, 0.29) is 16.9 Å². The molecule has 0 amide bonds. The smallest absolute Gasteiger partial charge is 0.191 e. The number of ether oxygens (including phenoxy) is 1. The third kappa shape index (κ3) is 7.46. The Labute approximate surface area is 176 Å². The van der Waals surface area contributed by atoms with Crippen LogP contribution in [0.2, 0.25) is 0 Å². The summed E-state index contributed by atoms with van der Waals surface area (Å²) in [6, 6.07) is 4.55. The second-order valence-electron chi connectivity index (χ2n) is 8.02. The molecule has 3 unspecified atom stereocenters. The number of aliphatic imine (C=N–C) groups is 1. The summed E-state index contributed by atoms with van der Waals surface area (Å²) in [7, 11) is -0.868. The van der Waals surface area contributed by atoms with Gasteiger partial charge in [-0.1, -0.05) is 6.07 Å². The van der Waals surface area contributed by atoms with Crippen molar-refractivity contribution in [3.63, 3.8) is 0 Å². The summed E-state index contributed by atoms with van der Waals surface area (Å²) in [4.78, 5) is 8.66. The SMILES string of the molecule is CCNC(=NCC(c1cccs1)N1CCOC(C)C1)NCCS(=O)C(C)(C)C. The predicted octanol–water partition coefficient (Wildman–Crippen LogP) is 2.61. The van der Waals surface area contributed by atoms with Crippen molar-refractivity contribution in [3.8, 4) is 0 Å². The van der Waals surface area contributed by atoms with Gasteiger partial charge in [0.15, 0.2) is 5.96 Å². The molecule has 1 aliphatic heterocycles. The van der Waals surface area contributed by atoms with Crippen molar-refractivity contribution in [3.05, 3.63) is 22.4 Å². The maximum atomic E-state index is 12.3. The van der Waals surface area contributed by atoms with Gasteiger partial charge < -0.3 is 15.4 Å². The van der Waals surface area contributed by atoms with Crippen LogP contribution in [-0.2, 0) is 15.5 Å². The summed E-state index contributed by atoms with van der Waals surface area (Å²) in [5.74, 6) is 1.40. The number of rotatable bonds is 8. The summed E-state index contributed by atoms with van der Waals surface area (Å²) >= 11 is 1.78. The zero-order valence-corrected chi connectivity index (χ0v) is 19.5. The van der Waals surface area contributed by atoms with Crippen molar-refractivity contribution in [2.24, 2.45) is 4.99 Å². The largest absolute Gasteiger partial charge is 0.376 e. The van der Waals surface area contributed by atoms with Crippen LogP contribution in [0.5, 0.6) is 0 Å². The van der Waals surface area contributed by atoms with E-state index in [2.05, 4.69) is 46.9 Å². The highest BCUT2D eigenvalue weighted by Gasteiger charge is 2.26. The van der Waals surface area contributed by atoms with E-state index >= 15 is 0 Å². The summed E-state index contributed by atoms with van der Waals surface area (Å²) in [6.45, 7) is 15.0. The number of morpholine rings is 1. The van der Waals surface area contributed by atoms with Gasteiger partial charge in [-0.2, -0.15) is 0 Å². The van der Waals surface area contributed by atoms with Gasteiger partial charge in [-0.25, -0.2) is 0 Å². The lowest BCUT2D eigenvalue weighted by atomic mass is 10.1. The zero-order valence-electron chi connectivity index (χ0n) is 17.9. The van der Waals surface area contributed by atoms with E-state index in [1.807, 2.05) is 20.8 Å². The fraction of sp³-hybridized carbons (Fsp3) is 0.750. The number of nitrogens with one attached hydrogen (secondary N) is 2. The third-order valence-corrected chi connectivity index (χ3v) is 7.53. The maximum absolute atomic E-state index is 12.3. The van der Waals surface area contributed by atoms with Gasteiger partial charge in [-0.05, 0) is 46.1 Å². The molecule has 28 heavy (non-hydrogen) atoms. The lowest BCUT2D eigenvalue weighted by molar-refractivity contribution is -0.0327. The van der Waals surface area contributed by atoms with Crippen LogP contribution in [-0.4, -0.2) is 71.0 Å².